The van der Waals surface area contributed by atoms with Crippen LogP contribution < -0.4 is 14.8 Å². The molecule has 2 aromatic carbocycles. The largest absolute Gasteiger partial charge is 0.454 e. The van der Waals surface area contributed by atoms with Gasteiger partial charge in [-0.1, -0.05) is 32.0 Å². The molecule has 4 rings (SSSR count). The second kappa shape index (κ2) is 7.86. The topological polar surface area (TPSA) is 98.8 Å². The van der Waals surface area contributed by atoms with Gasteiger partial charge in [0.2, 0.25) is 6.79 Å². The summed E-state index contributed by atoms with van der Waals surface area (Å²) >= 11 is 0. The second-order valence-corrected chi connectivity index (χ2v) is 12.4. The molecule has 7 nitrogen and oxygen atoms in total. The molecule has 0 saturated carbocycles. The summed E-state index contributed by atoms with van der Waals surface area (Å²) in [6.45, 7) is 4.56. The van der Waals surface area contributed by atoms with Crippen molar-refractivity contribution in [1.82, 2.24) is 5.32 Å². The molecule has 2 aliphatic heterocycles. The van der Waals surface area contributed by atoms with Crippen molar-refractivity contribution < 1.29 is 26.3 Å². The minimum absolute atomic E-state index is 0.156. The Morgan fingerprint density at radius 3 is 2.43 bits per heavy atom. The quantitative estimate of drug-likeness (QED) is 0.719. The molecule has 1 N–H and O–H groups in total. The zero-order valence-corrected chi connectivity index (χ0v) is 18.5. The fourth-order valence-corrected chi connectivity index (χ4v) is 8.55. The van der Waals surface area contributed by atoms with Crippen LogP contribution in [0, 0.1) is 0 Å². The molecule has 2 heterocycles. The molecule has 1 saturated heterocycles. The summed E-state index contributed by atoms with van der Waals surface area (Å²) in [6.07, 6.45) is 0. The van der Waals surface area contributed by atoms with Crippen molar-refractivity contribution >= 4 is 19.7 Å². The van der Waals surface area contributed by atoms with E-state index in [4.69, 9.17) is 9.47 Å². The molecule has 0 aliphatic carbocycles. The number of nitrogens with one attached hydrogen (secondary N) is 1. The van der Waals surface area contributed by atoms with Crippen LogP contribution >= 0.6 is 0 Å². The van der Waals surface area contributed by atoms with Crippen LogP contribution in [0.2, 0.25) is 0 Å². The molecule has 0 radical (unpaired) electrons. The van der Waals surface area contributed by atoms with Crippen molar-refractivity contribution in [2.24, 2.45) is 0 Å². The zero-order valence-electron chi connectivity index (χ0n) is 16.9. The van der Waals surface area contributed by atoms with E-state index < -0.39 is 31.0 Å². The number of benzene rings is 2. The molecular weight excluding hydrogens is 426 g/mol. The third-order valence-corrected chi connectivity index (χ3v) is 9.75. The Morgan fingerprint density at radius 2 is 1.73 bits per heavy atom. The highest BCUT2D eigenvalue weighted by molar-refractivity contribution is 7.96. The van der Waals surface area contributed by atoms with Gasteiger partial charge in [-0.15, -0.1) is 0 Å². The Morgan fingerprint density at radius 1 is 1.03 bits per heavy atom. The molecule has 0 bridgehead atoms. The van der Waals surface area contributed by atoms with Gasteiger partial charge in [0, 0.05) is 12.6 Å². The Bertz CT molecular complexity index is 1140. The van der Waals surface area contributed by atoms with Crippen LogP contribution in [0.4, 0.5) is 0 Å². The van der Waals surface area contributed by atoms with Gasteiger partial charge in [-0.25, -0.2) is 16.8 Å². The van der Waals surface area contributed by atoms with Crippen molar-refractivity contribution in [1.29, 1.82) is 0 Å². The Balaban J connectivity index is 1.54. The molecule has 0 unspecified atom stereocenters. The summed E-state index contributed by atoms with van der Waals surface area (Å²) in [6, 6.07) is 11.5. The van der Waals surface area contributed by atoms with Crippen LogP contribution in [0.15, 0.2) is 47.4 Å². The van der Waals surface area contributed by atoms with E-state index >= 15 is 0 Å². The molecule has 2 aromatic rings. The summed E-state index contributed by atoms with van der Waals surface area (Å²) in [5.41, 5.74) is 1.89. The fourth-order valence-electron chi connectivity index (χ4n) is 3.83. The first kappa shape index (κ1) is 21.1. The zero-order chi connectivity index (χ0) is 21.5. The van der Waals surface area contributed by atoms with Gasteiger partial charge >= 0.3 is 0 Å². The first-order valence-corrected chi connectivity index (χ1v) is 13.2. The van der Waals surface area contributed by atoms with Crippen LogP contribution in [0.3, 0.4) is 0 Å². The van der Waals surface area contributed by atoms with E-state index in [1.165, 1.54) is 0 Å². The average molecular weight is 452 g/mol. The van der Waals surface area contributed by atoms with E-state index in [2.05, 4.69) is 5.32 Å². The molecule has 2 aliphatic rings. The third-order valence-electron chi connectivity index (χ3n) is 5.58. The molecule has 1 fully saturated rings. The van der Waals surface area contributed by atoms with Crippen LogP contribution in [0.25, 0.3) is 0 Å². The van der Waals surface area contributed by atoms with Gasteiger partial charge < -0.3 is 14.8 Å². The van der Waals surface area contributed by atoms with E-state index in [1.54, 1.807) is 30.3 Å². The molecule has 0 spiro atoms. The van der Waals surface area contributed by atoms with Gasteiger partial charge in [0.15, 0.2) is 31.2 Å². The van der Waals surface area contributed by atoms with Crippen LogP contribution in [0.1, 0.15) is 30.9 Å². The molecule has 162 valence electrons. The molecule has 0 aromatic heterocycles. The number of ether oxygens (including phenoxy) is 2. The van der Waals surface area contributed by atoms with Gasteiger partial charge in [0.25, 0.3) is 0 Å². The smallest absolute Gasteiger partial charge is 0.231 e. The number of hydrogen-bond acceptors (Lipinski definition) is 7. The SMILES string of the molecule is CC(C)c1ccc(S(=O)(=O)[C@H]2CS(=O)(=O)C[C@@H]2NCc2ccc3c(c2)OCO3)cc1. The first-order valence-electron chi connectivity index (χ1n) is 9.82. The summed E-state index contributed by atoms with van der Waals surface area (Å²) in [7, 11) is -7.26. The van der Waals surface area contributed by atoms with E-state index in [0.29, 0.717) is 18.0 Å². The highest BCUT2D eigenvalue weighted by Gasteiger charge is 2.45. The maximum atomic E-state index is 13.2. The molecule has 9 heteroatoms. The molecule has 2 atom stereocenters. The maximum Gasteiger partial charge on any atom is 0.231 e. The van der Waals surface area contributed by atoms with E-state index in [1.807, 2.05) is 26.0 Å². The number of hydrogen-bond donors (Lipinski definition) is 1. The van der Waals surface area contributed by atoms with Crippen LogP contribution in [-0.4, -0.2) is 46.4 Å². The lowest BCUT2D eigenvalue weighted by atomic mass is 10.0. The standard InChI is InChI=1S/C21H25NO6S2/c1-14(2)16-4-6-17(7-5-16)30(25,26)21-12-29(23,24)11-18(21)22-10-15-3-8-19-20(9-15)28-13-27-19/h3-9,14,18,21-22H,10-13H2,1-2H3/t18-,21-/m0/s1. The summed E-state index contributed by atoms with van der Waals surface area (Å²) in [4.78, 5) is 0.156. The normalized spacial score (nSPS) is 22.5. The van der Waals surface area contributed by atoms with Gasteiger partial charge in [0.05, 0.1) is 21.7 Å². The minimum Gasteiger partial charge on any atom is -0.454 e. The van der Waals surface area contributed by atoms with Crippen LogP contribution in [0.5, 0.6) is 11.5 Å². The summed E-state index contributed by atoms with van der Waals surface area (Å²) < 4.78 is 61.7. The van der Waals surface area contributed by atoms with Gasteiger partial charge in [-0.3, -0.25) is 0 Å². The minimum atomic E-state index is -3.80. The van der Waals surface area contributed by atoms with Crippen LogP contribution in [-0.2, 0) is 26.2 Å². The maximum absolute atomic E-state index is 13.2. The predicted octanol–water partition coefficient (Wildman–Crippen LogP) is 2.27. The van der Waals surface area contributed by atoms with Crippen molar-refractivity contribution in [2.45, 2.75) is 42.5 Å². The van der Waals surface area contributed by atoms with Crippen molar-refractivity contribution in [3.63, 3.8) is 0 Å². The van der Waals surface area contributed by atoms with Gasteiger partial charge in [-0.2, -0.15) is 0 Å². The predicted molar refractivity (Wildman–Crippen MR) is 113 cm³/mol. The number of sulfone groups is 2. The van der Waals surface area contributed by atoms with Crippen molar-refractivity contribution in [3.8, 4) is 11.5 Å². The lowest BCUT2D eigenvalue weighted by Crippen LogP contribution is -2.43. The average Bonchev–Trinajstić information content (AvgIpc) is 3.29. The lowest BCUT2D eigenvalue weighted by molar-refractivity contribution is 0.174. The summed E-state index contributed by atoms with van der Waals surface area (Å²) in [5, 5.41) is 2.12. The summed E-state index contributed by atoms with van der Waals surface area (Å²) in [5.74, 6) is 0.992. The Hall–Kier alpha value is -2.10. The van der Waals surface area contributed by atoms with Gasteiger partial charge in [0.1, 0.15) is 0 Å². The Kier molecular flexibility index (Phi) is 5.54. The highest BCUT2D eigenvalue weighted by Crippen LogP contribution is 2.33. The van der Waals surface area contributed by atoms with Crippen molar-refractivity contribution in [2.75, 3.05) is 18.3 Å². The first-order chi connectivity index (χ1) is 14.2. The molecule has 30 heavy (non-hydrogen) atoms. The molecule has 0 amide bonds. The Labute approximate surface area is 177 Å². The second-order valence-electron chi connectivity index (χ2n) is 8.06. The van der Waals surface area contributed by atoms with E-state index in [0.717, 1.165) is 11.1 Å². The number of fused-ring (bicyclic) bond motifs is 1. The molecular formula is C21H25NO6S2. The third kappa shape index (κ3) is 4.19. The lowest BCUT2D eigenvalue weighted by Gasteiger charge is -2.20. The number of rotatable bonds is 6. The highest BCUT2D eigenvalue weighted by atomic mass is 32.2. The van der Waals surface area contributed by atoms with Crippen molar-refractivity contribution in [3.05, 3.63) is 53.6 Å². The van der Waals surface area contributed by atoms with E-state index in [-0.39, 0.29) is 29.1 Å². The monoisotopic (exact) mass is 451 g/mol. The fraction of sp³-hybridized carbons (Fsp3) is 0.429. The van der Waals surface area contributed by atoms with Gasteiger partial charge in [-0.05, 0) is 41.3 Å². The van der Waals surface area contributed by atoms with E-state index in [9.17, 15) is 16.8 Å².